The minimum absolute atomic E-state index is 0.157. The molecule has 3 aliphatic heterocycles. The molecule has 2 amide bonds. The van der Waals surface area contributed by atoms with E-state index >= 15 is 0 Å². The number of hydrogen-bond acceptors (Lipinski definition) is 4. The number of carbonyl (C=O) groups is 1. The third kappa shape index (κ3) is 2.77. The van der Waals surface area contributed by atoms with E-state index in [1.54, 1.807) is 0 Å². The molecule has 3 aliphatic rings. The SMILES string of the molecule is CC(C)N1CCOC(CN2CC3CNCCN3C2=O)C1. The highest BCUT2D eigenvalue weighted by atomic mass is 16.5. The Morgan fingerprint density at radius 1 is 1.35 bits per heavy atom. The number of carbonyl (C=O) groups excluding carboxylic acids is 1. The normalized spacial score (nSPS) is 32.0. The van der Waals surface area contributed by atoms with Crippen LogP contribution in [0.3, 0.4) is 0 Å². The van der Waals surface area contributed by atoms with E-state index in [-0.39, 0.29) is 12.1 Å². The van der Waals surface area contributed by atoms with E-state index in [0.29, 0.717) is 12.1 Å². The smallest absolute Gasteiger partial charge is 0.320 e. The number of amides is 2. The molecule has 0 aliphatic carbocycles. The van der Waals surface area contributed by atoms with Gasteiger partial charge in [0.1, 0.15) is 0 Å². The molecule has 6 heteroatoms. The van der Waals surface area contributed by atoms with E-state index in [1.807, 2.05) is 9.80 Å². The van der Waals surface area contributed by atoms with Gasteiger partial charge >= 0.3 is 6.03 Å². The molecule has 2 unspecified atom stereocenters. The second-order valence-corrected chi connectivity index (χ2v) is 6.32. The van der Waals surface area contributed by atoms with Gasteiger partial charge in [-0.05, 0) is 13.8 Å². The summed E-state index contributed by atoms with van der Waals surface area (Å²) in [6, 6.07) is 1.09. The fourth-order valence-corrected chi connectivity index (χ4v) is 3.41. The fourth-order valence-electron chi connectivity index (χ4n) is 3.41. The summed E-state index contributed by atoms with van der Waals surface area (Å²) in [4.78, 5) is 18.8. The predicted octanol–water partition coefficient (Wildman–Crippen LogP) is -0.195. The molecule has 0 aromatic carbocycles. The highest BCUT2D eigenvalue weighted by Crippen LogP contribution is 2.19. The molecule has 0 bridgehead atoms. The molecular formula is C14H26N4O2. The Kier molecular flexibility index (Phi) is 4.14. The van der Waals surface area contributed by atoms with Crippen LogP contribution in [0.4, 0.5) is 4.79 Å². The highest BCUT2D eigenvalue weighted by Gasteiger charge is 2.39. The number of urea groups is 1. The maximum atomic E-state index is 12.4. The van der Waals surface area contributed by atoms with E-state index in [2.05, 4.69) is 24.1 Å². The molecule has 20 heavy (non-hydrogen) atoms. The van der Waals surface area contributed by atoms with Gasteiger partial charge in [0.05, 0.1) is 18.8 Å². The number of nitrogens with zero attached hydrogens (tertiary/aromatic N) is 3. The molecule has 0 aromatic heterocycles. The lowest BCUT2D eigenvalue weighted by molar-refractivity contribution is -0.0464. The summed E-state index contributed by atoms with van der Waals surface area (Å²) in [5, 5.41) is 3.36. The van der Waals surface area contributed by atoms with Crippen molar-refractivity contribution in [3.05, 3.63) is 0 Å². The first-order chi connectivity index (χ1) is 9.65. The van der Waals surface area contributed by atoms with E-state index < -0.39 is 0 Å². The molecule has 3 saturated heterocycles. The number of fused-ring (bicyclic) bond motifs is 1. The van der Waals surface area contributed by atoms with Crippen molar-refractivity contribution in [2.24, 2.45) is 0 Å². The van der Waals surface area contributed by atoms with Gasteiger partial charge in [0.2, 0.25) is 0 Å². The average molecular weight is 282 g/mol. The van der Waals surface area contributed by atoms with Gasteiger partial charge in [0, 0.05) is 51.9 Å². The first-order valence-electron chi connectivity index (χ1n) is 7.77. The van der Waals surface area contributed by atoms with Crippen LogP contribution >= 0.6 is 0 Å². The number of nitrogens with one attached hydrogen (secondary N) is 1. The number of ether oxygens (including phenoxy) is 1. The first-order valence-corrected chi connectivity index (χ1v) is 7.77. The van der Waals surface area contributed by atoms with Crippen LogP contribution in [0.25, 0.3) is 0 Å². The van der Waals surface area contributed by atoms with Gasteiger partial charge in [-0.25, -0.2) is 4.79 Å². The second-order valence-electron chi connectivity index (χ2n) is 6.32. The number of rotatable bonds is 3. The maximum absolute atomic E-state index is 12.4. The predicted molar refractivity (Wildman–Crippen MR) is 76.8 cm³/mol. The van der Waals surface area contributed by atoms with Gasteiger partial charge in [0.15, 0.2) is 0 Å². The topological polar surface area (TPSA) is 48.1 Å². The lowest BCUT2D eigenvalue weighted by Gasteiger charge is -2.36. The van der Waals surface area contributed by atoms with Crippen molar-refractivity contribution < 1.29 is 9.53 Å². The maximum Gasteiger partial charge on any atom is 0.320 e. The zero-order chi connectivity index (χ0) is 14.1. The van der Waals surface area contributed by atoms with Crippen LogP contribution in [0.1, 0.15) is 13.8 Å². The summed E-state index contributed by atoms with van der Waals surface area (Å²) in [5.74, 6) is 0. The van der Waals surface area contributed by atoms with E-state index in [4.69, 9.17) is 4.74 Å². The summed E-state index contributed by atoms with van der Waals surface area (Å²) in [7, 11) is 0. The monoisotopic (exact) mass is 282 g/mol. The van der Waals surface area contributed by atoms with Crippen LogP contribution < -0.4 is 5.32 Å². The van der Waals surface area contributed by atoms with Crippen LogP contribution in [-0.4, -0.2) is 91.3 Å². The third-order valence-electron chi connectivity index (χ3n) is 4.62. The van der Waals surface area contributed by atoms with Crippen molar-refractivity contribution in [2.75, 3.05) is 52.4 Å². The highest BCUT2D eigenvalue weighted by molar-refractivity contribution is 5.77. The second kappa shape index (κ2) is 5.87. The van der Waals surface area contributed by atoms with Crippen molar-refractivity contribution in [2.45, 2.75) is 32.0 Å². The van der Waals surface area contributed by atoms with Crippen molar-refractivity contribution in [3.63, 3.8) is 0 Å². The molecule has 114 valence electrons. The Bertz CT molecular complexity index is 363. The fraction of sp³-hybridized carbons (Fsp3) is 0.929. The Morgan fingerprint density at radius 2 is 2.20 bits per heavy atom. The Hall–Kier alpha value is -0.850. The summed E-state index contributed by atoms with van der Waals surface area (Å²) < 4.78 is 5.85. The van der Waals surface area contributed by atoms with Crippen molar-refractivity contribution in [1.82, 2.24) is 20.0 Å². The van der Waals surface area contributed by atoms with E-state index in [9.17, 15) is 4.79 Å². The summed E-state index contributed by atoms with van der Waals surface area (Å²) in [6.45, 7) is 11.4. The molecule has 6 nitrogen and oxygen atoms in total. The van der Waals surface area contributed by atoms with Crippen LogP contribution in [-0.2, 0) is 4.74 Å². The standard InChI is InChI=1S/C14H26N4O2/c1-11(2)16-5-6-20-13(9-16)10-17-8-12-7-15-3-4-18(12)14(17)19/h11-13,15H,3-10H2,1-2H3. The van der Waals surface area contributed by atoms with Crippen LogP contribution in [0.5, 0.6) is 0 Å². The molecule has 0 saturated carbocycles. The average Bonchev–Trinajstić information content (AvgIpc) is 2.76. The van der Waals surface area contributed by atoms with Crippen LogP contribution in [0.15, 0.2) is 0 Å². The molecule has 0 radical (unpaired) electrons. The lowest BCUT2D eigenvalue weighted by Crippen LogP contribution is -2.50. The van der Waals surface area contributed by atoms with Gasteiger partial charge in [-0.1, -0.05) is 0 Å². The quantitative estimate of drug-likeness (QED) is 0.779. The Morgan fingerprint density at radius 3 is 2.95 bits per heavy atom. The molecule has 3 heterocycles. The molecule has 0 aromatic rings. The minimum atomic E-state index is 0.157. The van der Waals surface area contributed by atoms with Gasteiger partial charge in [-0.15, -0.1) is 0 Å². The van der Waals surface area contributed by atoms with Crippen LogP contribution in [0.2, 0.25) is 0 Å². The van der Waals surface area contributed by atoms with E-state index in [1.165, 1.54) is 0 Å². The zero-order valence-corrected chi connectivity index (χ0v) is 12.5. The molecular weight excluding hydrogens is 256 g/mol. The van der Waals surface area contributed by atoms with Crippen molar-refractivity contribution in [3.8, 4) is 0 Å². The summed E-state index contributed by atoms with van der Waals surface area (Å²) in [6.07, 6.45) is 0.157. The molecule has 3 fully saturated rings. The Labute approximate surface area is 121 Å². The number of hydrogen-bond donors (Lipinski definition) is 1. The van der Waals surface area contributed by atoms with Crippen LogP contribution in [0, 0.1) is 0 Å². The van der Waals surface area contributed by atoms with Crippen molar-refractivity contribution >= 4 is 6.03 Å². The molecule has 0 spiro atoms. The molecule has 2 atom stereocenters. The largest absolute Gasteiger partial charge is 0.374 e. The Balaban J connectivity index is 1.56. The number of morpholine rings is 1. The van der Waals surface area contributed by atoms with Gasteiger partial charge in [0.25, 0.3) is 0 Å². The van der Waals surface area contributed by atoms with Crippen molar-refractivity contribution in [1.29, 1.82) is 0 Å². The summed E-state index contributed by atoms with van der Waals surface area (Å²) >= 11 is 0. The lowest BCUT2D eigenvalue weighted by atomic mass is 10.2. The first kappa shape index (κ1) is 14.1. The zero-order valence-electron chi connectivity index (χ0n) is 12.5. The van der Waals surface area contributed by atoms with E-state index in [0.717, 1.165) is 52.4 Å². The molecule has 3 rings (SSSR count). The van der Waals surface area contributed by atoms with Gasteiger partial charge < -0.3 is 19.9 Å². The third-order valence-corrected chi connectivity index (χ3v) is 4.62. The number of piperazine rings is 1. The summed E-state index contributed by atoms with van der Waals surface area (Å²) in [5.41, 5.74) is 0. The minimum Gasteiger partial charge on any atom is -0.374 e. The van der Waals surface area contributed by atoms with Gasteiger partial charge in [-0.3, -0.25) is 4.90 Å². The molecule has 1 N–H and O–H groups in total. The van der Waals surface area contributed by atoms with Gasteiger partial charge in [-0.2, -0.15) is 0 Å².